The minimum atomic E-state index is -0.599. The molecule has 0 aliphatic carbocycles. The van der Waals surface area contributed by atoms with Crippen LogP contribution in [0.25, 0.3) is 0 Å². The SMILES string of the molecule is O=C(Cc1c[nH]c(=O)[nH]c1=O)N[C@@H]1CCOC[C@H]1OCc1ccccc1. The summed E-state index contributed by atoms with van der Waals surface area (Å²) < 4.78 is 11.4. The van der Waals surface area contributed by atoms with E-state index in [1.165, 1.54) is 6.20 Å². The minimum Gasteiger partial charge on any atom is -0.379 e. The van der Waals surface area contributed by atoms with Gasteiger partial charge in [-0.2, -0.15) is 0 Å². The first kappa shape index (κ1) is 18.1. The standard InChI is InChI=1S/C18H21N3O5/c22-16(8-13-9-19-18(24)21-17(13)23)20-14-6-7-25-11-15(14)26-10-12-4-2-1-3-5-12/h1-5,9,14-15H,6-8,10-11H2,(H,20,22)(H2,19,21,23,24)/t14-,15-/m1/s1. The number of hydrogen-bond donors (Lipinski definition) is 3. The number of ether oxygens (including phenoxy) is 2. The molecule has 138 valence electrons. The van der Waals surface area contributed by atoms with Crippen molar-refractivity contribution < 1.29 is 14.3 Å². The third-order valence-corrected chi connectivity index (χ3v) is 4.20. The van der Waals surface area contributed by atoms with E-state index in [-0.39, 0.29) is 30.0 Å². The third-order valence-electron chi connectivity index (χ3n) is 4.20. The van der Waals surface area contributed by atoms with Gasteiger partial charge in [-0.15, -0.1) is 0 Å². The Balaban J connectivity index is 1.57. The summed E-state index contributed by atoms with van der Waals surface area (Å²) in [6.45, 7) is 1.37. The largest absolute Gasteiger partial charge is 0.379 e. The summed E-state index contributed by atoms with van der Waals surface area (Å²) in [6.07, 6.45) is 1.51. The minimum absolute atomic E-state index is 0.116. The Morgan fingerprint density at radius 2 is 2.08 bits per heavy atom. The number of benzene rings is 1. The first-order chi connectivity index (χ1) is 12.6. The number of aromatic nitrogens is 2. The van der Waals surface area contributed by atoms with Gasteiger partial charge in [0.15, 0.2) is 0 Å². The van der Waals surface area contributed by atoms with E-state index in [0.29, 0.717) is 26.2 Å². The van der Waals surface area contributed by atoms with Crippen molar-refractivity contribution in [3.63, 3.8) is 0 Å². The monoisotopic (exact) mass is 359 g/mol. The smallest absolute Gasteiger partial charge is 0.325 e. The van der Waals surface area contributed by atoms with E-state index in [1.54, 1.807) is 0 Å². The summed E-state index contributed by atoms with van der Waals surface area (Å²) in [5.41, 5.74) is 0.0876. The molecule has 3 rings (SSSR count). The lowest BCUT2D eigenvalue weighted by Crippen LogP contribution is -2.50. The molecule has 0 spiro atoms. The van der Waals surface area contributed by atoms with Crippen LogP contribution in [0.15, 0.2) is 46.1 Å². The lowest BCUT2D eigenvalue weighted by molar-refractivity contribution is -0.126. The second-order valence-electron chi connectivity index (χ2n) is 6.15. The van der Waals surface area contributed by atoms with Crippen LogP contribution in [0.5, 0.6) is 0 Å². The molecule has 1 aliphatic heterocycles. The normalized spacial score (nSPS) is 19.8. The van der Waals surface area contributed by atoms with E-state index in [0.717, 1.165) is 5.56 Å². The second-order valence-corrected chi connectivity index (χ2v) is 6.15. The lowest BCUT2D eigenvalue weighted by atomic mass is 10.1. The summed E-state index contributed by atoms with van der Waals surface area (Å²) in [6, 6.07) is 9.57. The highest BCUT2D eigenvalue weighted by Crippen LogP contribution is 2.14. The molecule has 2 aromatic rings. The van der Waals surface area contributed by atoms with E-state index in [4.69, 9.17) is 9.47 Å². The molecule has 1 amide bonds. The Morgan fingerprint density at radius 1 is 1.27 bits per heavy atom. The zero-order valence-electron chi connectivity index (χ0n) is 14.2. The van der Waals surface area contributed by atoms with Gasteiger partial charge in [-0.1, -0.05) is 30.3 Å². The maximum absolute atomic E-state index is 12.3. The zero-order chi connectivity index (χ0) is 18.4. The van der Waals surface area contributed by atoms with Gasteiger partial charge in [-0.05, 0) is 12.0 Å². The van der Waals surface area contributed by atoms with Crippen LogP contribution in [0.3, 0.4) is 0 Å². The number of carbonyl (C=O) groups is 1. The average molecular weight is 359 g/mol. The van der Waals surface area contributed by atoms with Crippen molar-refractivity contribution in [2.45, 2.75) is 31.6 Å². The van der Waals surface area contributed by atoms with Crippen molar-refractivity contribution in [1.29, 1.82) is 0 Å². The lowest BCUT2D eigenvalue weighted by Gasteiger charge is -2.32. The van der Waals surface area contributed by atoms with Gasteiger partial charge in [0.05, 0.1) is 25.7 Å². The van der Waals surface area contributed by atoms with Crippen molar-refractivity contribution in [2.24, 2.45) is 0 Å². The fourth-order valence-corrected chi connectivity index (χ4v) is 2.82. The molecule has 1 fully saturated rings. The van der Waals surface area contributed by atoms with E-state index in [9.17, 15) is 14.4 Å². The summed E-state index contributed by atoms with van der Waals surface area (Å²) in [5.74, 6) is -0.303. The second kappa shape index (κ2) is 8.59. The van der Waals surface area contributed by atoms with Gasteiger partial charge in [0.25, 0.3) is 5.56 Å². The van der Waals surface area contributed by atoms with Gasteiger partial charge in [-0.25, -0.2) is 4.79 Å². The molecule has 0 saturated carbocycles. The molecule has 2 atom stereocenters. The molecule has 26 heavy (non-hydrogen) atoms. The highest BCUT2D eigenvalue weighted by Gasteiger charge is 2.28. The summed E-state index contributed by atoms with van der Waals surface area (Å²) >= 11 is 0. The fourth-order valence-electron chi connectivity index (χ4n) is 2.82. The molecule has 1 aromatic heterocycles. The average Bonchev–Trinajstić information content (AvgIpc) is 2.64. The predicted molar refractivity (Wildman–Crippen MR) is 93.8 cm³/mol. The molecule has 0 radical (unpaired) electrons. The van der Waals surface area contributed by atoms with Crippen LogP contribution in [0, 0.1) is 0 Å². The number of carbonyl (C=O) groups excluding carboxylic acids is 1. The van der Waals surface area contributed by atoms with Gasteiger partial charge in [0.2, 0.25) is 5.91 Å². The van der Waals surface area contributed by atoms with E-state index in [2.05, 4.69) is 15.3 Å². The zero-order valence-corrected chi connectivity index (χ0v) is 14.2. The number of rotatable bonds is 6. The Morgan fingerprint density at radius 3 is 2.85 bits per heavy atom. The van der Waals surface area contributed by atoms with E-state index >= 15 is 0 Å². The quantitative estimate of drug-likeness (QED) is 0.677. The van der Waals surface area contributed by atoms with Crippen molar-refractivity contribution in [3.05, 3.63) is 68.5 Å². The molecular formula is C18H21N3O5. The molecule has 8 heteroatoms. The molecule has 1 aromatic carbocycles. The fraction of sp³-hybridized carbons (Fsp3) is 0.389. The first-order valence-electron chi connectivity index (χ1n) is 8.45. The van der Waals surface area contributed by atoms with Crippen molar-refractivity contribution >= 4 is 5.91 Å². The van der Waals surface area contributed by atoms with Crippen molar-refractivity contribution in [3.8, 4) is 0 Å². The van der Waals surface area contributed by atoms with Crippen LogP contribution in [0.1, 0.15) is 17.5 Å². The Labute approximate surface area is 149 Å². The van der Waals surface area contributed by atoms with Gasteiger partial charge >= 0.3 is 5.69 Å². The number of hydrogen-bond acceptors (Lipinski definition) is 5. The Kier molecular flexibility index (Phi) is 5.98. The van der Waals surface area contributed by atoms with Crippen molar-refractivity contribution in [1.82, 2.24) is 15.3 Å². The highest BCUT2D eigenvalue weighted by molar-refractivity contribution is 5.78. The Bertz CT molecular complexity index is 846. The maximum atomic E-state index is 12.3. The molecule has 8 nitrogen and oxygen atoms in total. The number of H-pyrrole nitrogens is 2. The summed E-state index contributed by atoms with van der Waals surface area (Å²) in [7, 11) is 0. The van der Waals surface area contributed by atoms with Crippen LogP contribution < -0.4 is 16.6 Å². The maximum Gasteiger partial charge on any atom is 0.325 e. The van der Waals surface area contributed by atoms with Crippen molar-refractivity contribution in [2.75, 3.05) is 13.2 Å². The van der Waals surface area contributed by atoms with Crippen LogP contribution in [0.2, 0.25) is 0 Å². The third kappa shape index (κ3) is 4.90. The van der Waals surface area contributed by atoms with Crippen LogP contribution >= 0.6 is 0 Å². The molecule has 0 unspecified atom stereocenters. The van der Waals surface area contributed by atoms with Gasteiger partial charge in [0, 0.05) is 18.4 Å². The molecule has 3 N–H and O–H groups in total. The van der Waals surface area contributed by atoms with Gasteiger partial charge in [0.1, 0.15) is 6.10 Å². The Hall–Kier alpha value is -2.71. The van der Waals surface area contributed by atoms with Gasteiger partial charge < -0.3 is 19.8 Å². The highest BCUT2D eigenvalue weighted by atomic mass is 16.5. The summed E-state index contributed by atoms with van der Waals surface area (Å²) in [5, 5.41) is 2.91. The van der Waals surface area contributed by atoms with Gasteiger partial charge in [-0.3, -0.25) is 14.6 Å². The summed E-state index contributed by atoms with van der Waals surface area (Å²) in [4.78, 5) is 39.5. The molecule has 1 saturated heterocycles. The van der Waals surface area contributed by atoms with Crippen LogP contribution in [0.4, 0.5) is 0 Å². The molecule has 1 aliphatic rings. The number of aromatic amines is 2. The number of nitrogens with one attached hydrogen (secondary N) is 3. The molecule has 0 bridgehead atoms. The van der Waals surface area contributed by atoms with Crippen LogP contribution in [-0.2, 0) is 27.3 Å². The number of amides is 1. The van der Waals surface area contributed by atoms with E-state index < -0.39 is 11.2 Å². The molecular weight excluding hydrogens is 338 g/mol. The van der Waals surface area contributed by atoms with Crippen LogP contribution in [-0.4, -0.2) is 41.2 Å². The first-order valence-corrected chi connectivity index (χ1v) is 8.45. The van der Waals surface area contributed by atoms with E-state index in [1.807, 2.05) is 30.3 Å². The predicted octanol–water partition coefficient (Wildman–Crippen LogP) is 0.0962. The topological polar surface area (TPSA) is 113 Å². The molecule has 2 heterocycles.